The number of aryl methyl sites for hydroxylation is 1. The first kappa shape index (κ1) is 21.2. The summed E-state index contributed by atoms with van der Waals surface area (Å²) in [6.45, 7) is 7.64. The maximum Gasteiger partial charge on any atom is 0.490 e. The first-order valence-electron chi connectivity index (χ1n) is 8.66. The molecule has 3 heterocycles. The highest BCUT2D eigenvalue weighted by Crippen LogP contribution is 2.25. The molecule has 1 N–H and O–H groups in total. The van der Waals surface area contributed by atoms with E-state index in [1.807, 2.05) is 24.0 Å². The number of carbonyl (C=O) groups excluding carboxylic acids is 1. The van der Waals surface area contributed by atoms with Crippen molar-refractivity contribution in [1.29, 1.82) is 0 Å². The van der Waals surface area contributed by atoms with Gasteiger partial charge >= 0.3 is 12.1 Å². The van der Waals surface area contributed by atoms with E-state index < -0.39 is 12.1 Å². The van der Waals surface area contributed by atoms with Gasteiger partial charge in [-0.3, -0.25) is 9.69 Å². The number of carboxylic acids is 1. The number of furan rings is 1. The van der Waals surface area contributed by atoms with Crippen LogP contribution in [-0.4, -0.2) is 71.3 Å². The minimum Gasteiger partial charge on any atom is -0.475 e. The summed E-state index contributed by atoms with van der Waals surface area (Å²) in [5.74, 6) is -0.623. The maximum absolute atomic E-state index is 11.8. The summed E-state index contributed by atoms with van der Waals surface area (Å²) in [5, 5.41) is 7.12. The van der Waals surface area contributed by atoms with Gasteiger partial charge in [-0.2, -0.15) is 13.2 Å². The van der Waals surface area contributed by atoms with Gasteiger partial charge in [0.1, 0.15) is 18.1 Å². The lowest BCUT2D eigenvalue weighted by molar-refractivity contribution is -0.192. The number of morpholine rings is 1. The summed E-state index contributed by atoms with van der Waals surface area (Å²) >= 11 is 0. The number of carbonyl (C=O) groups is 2. The number of hydrogen-bond acceptors (Lipinski definition) is 5. The van der Waals surface area contributed by atoms with E-state index in [4.69, 9.17) is 19.1 Å². The largest absolute Gasteiger partial charge is 0.490 e. The van der Waals surface area contributed by atoms with E-state index in [0.717, 1.165) is 44.1 Å². The molecule has 3 rings (SSSR count). The molecule has 1 amide bonds. The van der Waals surface area contributed by atoms with E-state index in [0.29, 0.717) is 0 Å². The maximum atomic E-state index is 11.8. The number of likely N-dealkylation sites (tertiary alicyclic amines) is 1. The van der Waals surface area contributed by atoms with Gasteiger partial charge in [0.25, 0.3) is 0 Å². The Morgan fingerprint density at radius 3 is 2.41 bits per heavy atom. The van der Waals surface area contributed by atoms with Crippen LogP contribution in [-0.2, 0) is 27.3 Å². The fourth-order valence-electron chi connectivity index (χ4n) is 3.20. The summed E-state index contributed by atoms with van der Waals surface area (Å²) in [6.07, 6.45) is -4.01. The highest BCUT2D eigenvalue weighted by atomic mass is 19.4. The second-order valence-electron chi connectivity index (χ2n) is 6.32. The molecule has 0 saturated carbocycles. The number of likely N-dealkylation sites (N-methyl/N-ethyl adjacent to an activating group) is 1. The Kier molecular flexibility index (Phi) is 6.88. The number of rotatable bonds is 4. The van der Waals surface area contributed by atoms with E-state index >= 15 is 0 Å². The molecule has 2 aliphatic heterocycles. The molecular formula is C17H23F3N2O5. The topological polar surface area (TPSA) is 83.2 Å². The third-order valence-corrected chi connectivity index (χ3v) is 4.48. The second-order valence-corrected chi connectivity index (χ2v) is 6.32. The lowest BCUT2D eigenvalue weighted by Gasteiger charge is -2.35. The zero-order chi connectivity index (χ0) is 20.2. The molecule has 0 aromatic carbocycles. The molecule has 2 atom stereocenters. The minimum absolute atomic E-state index is 0.113. The third-order valence-electron chi connectivity index (χ3n) is 4.48. The van der Waals surface area contributed by atoms with Crippen molar-refractivity contribution in [2.45, 2.75) is 45.1 Å². The quantitative estimate of drug-likeness (QED) is 0.843. The van der Waals surface area contributed by atoms with Crippen LogP contribution < -0.4 is 0 Å². The molecule has 1 aromatic heterocycles. The smallest absolute Gasteiger partial charge is 0.475 e. The van der Waals surface area contributed by atoms with Crippen LogP contribution in [0.3, 0.4) is 0 Å². The average Bonchev–Trinajstić information content (AvgIpc) is 3.21. The number of alkyl halides is 3. The molecular weight excluding hydrogens is 369 g/mol. The molecule has 0 radical (unpaired) electrons. The Morgan fingerprint density at radius 2 is 1.89 bits per heavy atom. The van der Waals surface area contributed by atoms with Crippen molar-refractivity contribution in [1.82, 2.24) is 9.80 Å². The molecule has 0 bridgehead atoms. The summed E-state index contributed by atoms with van der Waals surface area (Å²) in [4.78, 5) is 25.0. The van der Waals surface area contributed by atoms with E-state index in [1.54, 1.807) is 0 Å². The van der Waals surface area contributed by atoms with Crippen LogP contribution in [0, 0.1) is 0 Å². The van der Waals surface area contributed by atoms with E-state index in [1.165, 1.54) is 0 Å². The molecule has 2 fully saturated rings. The number of fused-ring (bicyclic) bond motifs is 1. The highest BCUT2D eigenvalue weighted by Gasteiger charge is 2.42. The van der Waals surface area contributed by atoms with Crippen molar-refractivity contribution >= 4 is 11.9 Å². The number of hydrogen-bond donors (Lipinski definition) is 1. The van der Waals surface area contributed by atoms with Crippen molar-refractivity contribution in [3.05, 3.63) is 23.7 Å². The molecule has 1 aromatic rings. The zero-order valence-corrected chi connectivity index (χ0v) is 15.2. The normalized spacial score (nSPS) is 23.0. The monoisotopic (exact) mass is 392 g/mol. The fraction of sp³-hybridized carbons (Fsp3) is 0.647. The van der Waals surface area contributed by atoms with Crippen molar-refractivity contribution in [3.63, 3.8) is 0 Å². The van der Waals surface area contributed by atoms with Gasteiger partial charge in [0.15, 0.2) is 0 Å². The Hall–Kier alpha value is -2.07. The lowest BCUT2D eigenvalue weighted by Crippen LogP contribution is -2.53. The highest BCUT2D eigenvalue weighted by molar-refractivity contribution is 5.78. The van der Waals surface area contributed by atoms with E-state index in [2.05, 4.69) is 11.8 Å². The molecule has 10 heteroatoms. The van der Waals surface area contributed by atoms with Gasteiger partial charge < -0.3 is 19.2 Å². The Labute approximate surface area is 154 Å². The van der Waals surface area contributed by atoms with Crippen LogP contribution in [0.5, 0.6) is 0 Å². The first-order valence-corrected chi connectivity index (χ1v) is 8.66. The fourth-order valence-corrected chi connectivity index (χ4v) is 3.20. The molecule has 7 nitrogen and oxygen atoms in total. The Morgan fingerprint density at radius 1 is 1.26 bits per heavy atom. The van der Waals surface area contributed by atoms with Crippen molar-refractivity contribution < 1.29 is 37.0 Å². The number of ether oxygens (including phenoxy) is 1. The number of carboxylic acid groups (broad SMARTS) is 1. The minimum atomic E-state index is -5.08. The van der Waals surface area contributed by atoms with Crippen LogP contribution in [0.15, 0.2) is 16.5 Å². The number of amides is 1. The van der Waals surface area contributed by atoms with Gasteiger partial charge in [-0.15, -0.1) is 0 Å². The van der Waals surface area contributed by atoms with Crippen LogP contribution in [0.4, 0.5) is 13.2 Å². The second kappa shape index (κ2) is 8.75. The number of halogens is 3. The predicted molar refractivity (Wildman–Crippen MR) is 88.0 cm³/mol. The van der Waals surface area contributed by atoms with Crippen LogP contribution in [0.2, 0.25) is 0 Å². The average molecular weight is 392 g/mol. The van der Waals surface area contributed by atoms with Gasteiger partial charge in [-0.1, -0.05) is 6.92 Å². The molecule has 2 aliphatic rings. The molecule has 0 unspecified atom stereocenters. The van der Waals surface area contributed by atoms with Crippen molar-refractivity contribution in [2.75, 3.05) is 26.2 Å². The molecule has 0 spiro atoms. The van der Waals surface area contributed by atoms with Gasteiger partial charge in [0, 0.05) is 26.1 Å². The molecule has 27 heavy (non-hydrogen) atoms. The van der Waals surface area contributed by atoms with Gasteiger partial charge in [-0.25, -0.2) is 4.79 Å². The van der Waals surface area contributed by atoms with Gasteiger partial charge in [0.2, 0.25) is 5.91 Å². The summed E-state index contributed by atoms with van der Waals surface area (Å²) in [7, 11) is 0. The van der Waals surface area contributed by atoms with Crippen LogP contribution in [0.25, 0.3) is 0 Å². The molecule has 152 valence electrons. The lowest BCUT2D eigenvalue weighted by atomic mass is 10.1. The van der Waals surface area contributed by atoms with E-state index in [9.17, 15) is 18.0 Å². The summed E-state index contributed by atoms with van der Waals surface area (Å²) in [5.41, 5.74) is 0. The summed E-state index contributed by atoms with van der Waals surface area (Å²) in [6, 6.07) is 4.28. The van der Waals surface area contributed by atoms with Gasteiger partial charge in [-0.05, 0) is 19.1 Å². The van der Waals surface area contributed by atoms with Crippen LogP contribution in [0.1, 0.15) is 25.4 Å². The SMILES string of the molecule is CCc1ccc(CN2C[C@@H]3[C@@H](C2)OCC(=O)N3CC)o1.O=C(O)C(F)(F)F. The summed E-state index contributed by atoms with van der Waals surface area (Å²) < 4.78 is 43.2. The molecule has 0 aliphatic carbocycles. The third kappa shape index (κ3) is 5.46. The van der Waals surface area contributed by atoms with Crippen LogP contribution >= 0.6 is 0 Å². The number of nitrogens with zero attached hydrogens (tertiary/aromatic N) is 2. The van der Waals surface area contributed by atoms with Crippen molar-refractivity contribution in [3.8, 4) is 0 Å². The standard InChI is InChI=1S/C15H22N2O3.C2HF3O2/c1-3-11-5-6-12(20-11)7-16-8-13-14(9-16)19-10-15(18)17(13)4-2;3-2(4,5)1(6)7/h5-6,13-14H,3-4,7-10H2,1-2H3;(H,6,7)/t13-,14-;/m1./s1. The Bertz CT molecular complexity index is 661. The Balaban J connectivity index is 0.000000321. The molecule has 2 saturated heterocycles. The zero-order valence-electron chi connectivity index (χ0n) is 15.2. The van der Waals surface area contributed by atoms with E-state index in [-0.39, 0.29) is 24.7 Å². The number of aliphatic carboxylic acids is 1. The predicted octanol–water partition coefficient (Wildman–Crippen LogP) is 1.91. The van der Waals surface area contributed by atoms with Gasteiger partial charge in [0.05, 0.1) is 18.7 Å². The first-order chi connectivity index (χ1) is 12.7. The van der Waals surface area contributed by atoms with Crippen molar-refractivity contribution in [2.24, 2.45) is 0 Å².